The minimum absolute atomic E-state index is 0.105. The predicted octanol–water partition coefficient (Wildman–Crippen LogP) is 10.4. The van der Waals surface area contributed by atoms with Crippen LogP contribution in [0.3, 0.4) is 0 Å². The van der Waals surface area contributed by atoms with Crippen molar-refractivity contribution in [3.8, 4) is 11.3 Å². The Morgan fingerprint density at radius 3 is 2.52 bits per heavy atom. The first-order valence-corrected chi connectivity index (χ1v) is 21.4. The topological polar surface area (TPSA) is 161 Å². The Bertz CT molecular complexity index is 3320. The number of hydrogen-bond donors (Lipinski definition) is 5. The summed E-state index contributed by atoms with van der Waals surface area (Å²) >= 11 is 1.54. The van der Waals surface area contributed by atoms with Gasteiger partial charge in [-0.2, -0.15) is 10.2 Å². The molecule has 2 unspecified atom stereocenters. The van der Waals surface area contributed by atoms with Gasteiger partial charge in [-0.05, 0) is 133 Å². The molecular formula is C48H37FN10O3S. The van der Waals surface area contributed by atoms with Gasteiger partial charge in [0.2, 0.25) is 0 Å². The zero-order chi connectivity index (χ0) is 42.8. The summed E-state index contributed by atoms with van der Waals surface area (Å²) in [5.41, 5.74) is 11.1. The number of fused-ring (bicyclic) bond motifs is 5. The number of pyridine rings is 1. The van der Waals surface area contributed by atoms with Crippen molar-refractivity contribution in [2.24, 2.45) is 0 Å². The van der Waals surface area contributed by atoms with E-state index in [0.29, 0.717) is 46.1 Å². The minimum Gasteiger partial charge on any atom is -0.322 e. The summed E-state index contributed by atoms with van der Waals surface area (Å²) in [5.74, 6) is -0.419. The average molecular weight is 853 g/mol. The minimum atomic E-state index is -0.426. The molecular weight excluding hydrogens is 816 g/mol. The van der Waals surface area contributed by atoms with Crippen LogP contribution in [0.25, 0.3) is 37.9 Å². The lowest BCUT2D eigenvalue weighted by molar-refractivity contribution is 0.102. The van der Waals surface area contributed by atoms with Crippen LogP contribution in [-0.2, 0) is 19.3 Å². The Kier molecular flexibility index (Phi) is 9.19. The number of nitrogens with zero attached hydrogens (tertiary/aromatic N) is 5. The van der Waals surface area contributed by atoms with Crippen LogP contribution < -0.4 is 26.2 Å². The van der Waals surface area contributed by atoms with Crippen molar-refractivity contribution < 1.29 is 18.8 Å². The highest BCUT2D eigenvalue weighted by Crippen LogP contribution is 2.40. The van der Waals surface area contributed by atoms with Gasteiger partial charge in [0.1, 0.15) is 17.8 Å². The summed E-state index contributed by atoms with van der Waals surface area (Å²) in [6.45, 7) is 1.98. The first-order valence-electron chi connectivity index (χ1n) is 20.5. The first kappa shape index (κ1) is 38.0. The van der Waals surface area contributed by atoms with Gasteiger partial charge in [0.25, 0.3) is 5.91 Å². The van der Waals surface area contributed by atoms with Crippen LogP contribution >= 0.6 is 11.3 Å². The zero-order valence-corrected chi connectivity index (χ0v) is 34.5. The van der Waals surface area contributed by atoms with Crippen LogP contribution in [0.4, 0.5) is 42.4 Å². The SMILES string of the molecule is CC1Cc2ccc(-c3n[nH]c4ccc(NC(=O)c5csc6ccc(C7Cc8ccc(NC(=O)Nc9cccn%10ncnc9%10)cc8C7)cc56)cc34)cc2N1C(=O)Nc1cccc(F)c1. The van der Waals surface area contributed by atoms with Crippen molar-refractivity contribution in [3.63, 3.8) is 0 Å². The van der Waals surface area contributed by atoms with Crippen molar-refractivity contribution >= 4 is 84.4 Å². The fraction of sp³-hybridized carbons (Fsp3) is 0.125. The second kappa shape index (κ2) is 15.2. The Balaban J connectivity index is 0.791. The van der Waals surface area contributed by atoms with Crippen molar-refractivity contribution in [1.29, 1.82) is 0 Å². The molecule has 9 aromatic rings. The van der Waals surface area contributed by atoms with Crippen LogP contribution in [0.1, 0.15) is 45.5 Å². The third kappa shape index (κ3) is 7.07. The second-order valence-corrected chi connectivity index (χ2v) is 16.9. The summed E-state index contributed by atoms with van der Waals surface area (Å²) in [5, 5.41) is 27.3. The summed E-state index contributed by atoms with van der Waals surface area (Å²) in [7, 11) is 0. The normalized spacial score (nSPS) is 15.4. The van der Waals surface area contributed by atoms with Gasteiger partial charge in [-0.3, -0.25) is 14.8 Å². The van der Waals surface area contributed by atoms with E-state index in [1.165, 1.54) is 40.9 Å². The Labute approximate surface area is 363 Å². The molecule has 63 heavy (non-hydrogen) atoms. The maximum Gasteiger partial charge on any atom is 0.326 e. The summed E-state index contributed by atoms with van der Waals surface area (Å²) in [4.78, 5) is 46.3. The van der Waals surface area contributed by atoms with E-state index in [9.17, 15) is 18.8 Å². The number of anilines is 5. The molecule has 5 aromatic carbocycles. The number of thiophene rings is 1. The number of urea groups is 2. The molecule has 1 aliphatic heterocycles. The quantitative estimate of drug-likeness (QED) is 0.107. The Morgan fingerprint density at radius 2 is 1.62 bits per heavy atom. The third-order valence-corrected chi connectivity index (χ3v) is 12.9. The van der Waals surface area contributed by atoms with Gasteiger partial charge in [-0.25, -0.2) is 23.5 Å². The smallest absolute Gasteiger partial charge is 0.322 e. The number of aromatic amines is 1. The molecule has 5 amide bonds. The number of amides is 5. The van der Waals surface area contributed by atoms with Gasteiger partial charge in [0.15, 0.2) is 5.65 Å². The molecule has 0 bridgehead atoms. The fourth-order valence-corrected chi connectivity index (χ4v) is 9.88. The highest BCUT2D eigenvalue weighted by atomic mass is 32.1. The van der Waals surface area contributed by atoms with Crippen LogP contribution in [0, 0.1) is 5.82 Å². The molecule has 15 heteroatoms. The standard InChI is InChI=1S/C48H37FN10O3S/c1-26-16-29-7-8-30(21-42(29)59(26)48(62)54-34-5-2-4-33(49)22-34)44-38-23-36(12-13-40(38)56-57-44)52-46(60)39-24-63-43-14-10-28(20-37(39)43)31-17-27-9-11-35(19-32(27)18-31)53-47(61)55-41-6-3-15-58-45(41)50-25-51-58/h2-15,19-26,31H,16-18H2,1H3,(H,52,60)(H,54,62)(H,56,57)(H2,53,55,61). The van der Waals surface area contributed by atoms with Gasteiger partial charge in [0, 0.05) is 61.4 Å². The van der Waals surface area contributed by atoms with Gasteiger partial charge in [0.05, 0.1) is 16.8 Å². The van der Waals surface area contributed by atoms with Gasteiger partial charge >= 0.3 is 12.1 Å². The maximum atomic E-state index is 14.0. The monoisotopic (exact) mass is 852 g/mol. The molecule has 2 atom stereocenters. The number of benzene rings is 5. The number of halogens is 1. The van der Waals surface area contributed by atoms with Gasteiger partial charge < -0.3 is 21.3 Å². The van der Waals surface area contributed by atoms with E-state index in [1.807, 2.05) is 60.8 Å². The van der Waals surface area contributed by atoms with E-state index >= 15 is 0 Å². The van der Waals surface area contributed by atoms with Crippen molar-refractivity contribution in [2.45, 2.75) is 38.1 Å². The lowest BCUT2D eigenvalue weighted by atomic mass is 9.94. The summed E-state index contributed by atoms with van der Waals surface area (Å²) in [6, 6.07) is 32.7. The van der Waals surface area contributed by atoms with Crippen molar-refractivity contribution in [1.82, 2.24) is 24.8 Å². The van der Waals surface area contributed by atoms with Crippen LogP contribution in [0.2, 0.25) is 0 Å². The number of aromatic nitrogens is 5. The predicted molar refractivity (Wildman–Crippen MR) is 245 cm³/mol. The largest absolute Gasteiger partial charge is 0.326 e. The highest BCUT2D eigenvalue weighted by molar-refractivity contribution is 7.17. The Hall–Kier alpha value is -7.91. The molecule has 0 radical (unpaired) electrons. The number of carbonyl (C=O) groups excluding carboxylic acids is 3. The molecule has 0 fully saturated rings. The van der Waals surface area contributed by atoms with E-state index in [2.05, 4.69) is 65.8 Å². The van der Waals surface area contributed by atoms with Crippen LogP contribution in [0.5, 0.6) is 0 Å². The van der Waals surface area contributed by atoms with Gasteiger partial charge in [-0.1, -0.05) is 30.3 Å². The van der Waals surface area contributed by atoms with Crippen molar-refractivity contribution in [2.75, 3.05) is 26.2 Å². The molecule has 2 aliphatic rings. The molecule has 310 valence electrons. The summed E-state index contributed by atoms with van der Waals surface area (Å²) in [6.07, 6.45) is 5.55. The lowest BCUT2D eigenvalue weighted by Gasteiger charge is -2.23. The first-order chi connectivity index (χ1) is 30.7. The summed E-state index contributed by atoms with van der Waals surface area (Å²) < 4.78 is 16.5. The van der Waals surface area contributed by atoms with Gasteiger partial charge in [-0.15, -0.1) is 11.3 Å². The third-order valence-electron chi connectivity index (χ3n) is 12.0. The van der Waals surface area contributed by atoms with E-state index in [-0.39, 0.29) is 29.9 Å². The molecule has 4 aromatic heterocycles. The van der Waals surface area contributed by atoms with E-state index in [4.69, 9.17) is 0 Å². The number of rotatable bonds is 7. The van der Waals surface area contributed by atoms with Crippen LogP contribution in [-0.4, -0.2) is 48.8 Å². The fourth-order valence-electron chi connectivity index (χ4n) is 8.96. The zero-order valence-electron chi connectivity index (χ0n) is 33.6. The molecule has 11 rings (SSSR count). The number of carbonyl (C=O) groups is 3. The molecule has 5 N–H and O–H groups in total. The number of H-pyrrole nitrogens is 1. The van der Waals surface area contributed by atoms with Crippen molar-refractivity contribution in [3.05, 3.63) is 161 Å². The Morgan fingerprint density at radius 1 is 0.778 bits per heavy atom. The molecule has 0 spiro atoms. The van der Waals surface area contributed by atoms with E-state index in [1.54, 1.807) is 39.9 Å². The average Bonchev–Trinajstić information content (AvgIpc) is 4.12. The lowest BCUT2D eigenvalue weighted by Crippen LogP contribution is -2.39. The molecule has 0 saturated heterocycles. The van der Waals surface area contributed by atoms with E-state index < -0.39 is 5.82 Å². The number of nitrogens with one attached hydrogen (secondary N) is 5. The molecule has 0 saturated carbocycles. The highest BCUT2D eigenvalue weighted by Gasteiger charge is 2.32. The maximum absolute atomic E-state index is 14.0. The second-order valence-electron chi connectivity index (χ2n) is 16.0. The molecule has 1 aliphatic carbocycles. The van der Waals surface area contributed by atoms with Crippen LogP contribution in [0.15, 0.2) is 127 Å². The van der Waals surface area contributed by atoms with E-state index in [0.717, 1.165) is 56.2 Å². The number of hydrogen-bond acceptors (Lipinski definition) is 7. The molecule has 5 heterocycles. The molecule has 13 nitrogen and oxygen atoms in total.